The van der Waals surface area contributed by atoms with E-state index in [0.29, 0.717) is 6.04 Å². The zero-order valence-electron chi connectivity index (χ0n) is 10.6. The van der Waals surface area contributed by atoms with Gasteiger partial charge in [0.1, 0.15) is 0 Å². The van der Waals surface area contributed by atoms with Gasteiger partial charge in [-0.2, -0.15) is 0 Å². The van der Waals surface area contributed by atoms with Crippen LogP contribution in [0.1, 0.15) is 5.56 Å². The average molecular weight is 238 g/mol. The largest absolute Gasteiger partial charge is 0.380 e. The average Bonchev–Trinajstić information content (AvgIpc) is 2.82. The van der Waals surface area contributed by atoms with Crippen molar-refractivity contribution in [2.75, 3.05) is 23.8 Å². The number of hydrogen-bond donors (Lipinski definition) is 1. The number of rotatable bonds is 3. The van der Waals surface area contributed by atoms with Crippen LogP contribution in [0.25, 0.3) is 0 Å². The van der Waals surface area contributed by atoms with Crippen LogP contribution in [-0.2, 0) is 6.42 Å². The Bertz CT molecular complexity index is 497. The van der Waals surface area contributed by atoms with E-state index < -0.39 is 0 Å². The molecule has 18 heavy (non-hydrogen) atoms. The Kier molecular flexibility index (Phi) is 2.93. The number of hydrogen-bond acceptors (Lipinski definition) is 2. The molecule has 0 amide bonds. The van der Waals surface area contributed by atoms with Crippen LogP contribution >= 0.6 is 0 Å². The molecule has 1 N–H and O–H groups in total. The molecule has 0 fully saturated rings. The fourth-order valence-corrected chi connectivity index (χ4v) is 2.60. The molecule has 2 aromatic rings. The summed E-state index contributed by atoms with van der Waals surface area (Å²) in [7, 11) is 2.15. The molecular weight excluding hydrogens is 220 g/mol. The summed E-state index contributed by atoms with van der Waals surface area (Å²) in [5, 5.41) is 3.59. The first-order valence-electron chi connectivity index (χ1n) is 6.43. The highest BCUT2D eigenvalue weighted by atomic mass is 15.1. The van der Waals surface area contributed by atoms with E-state index in [-0.39, 0.29) is 0 Å². The molecule has 0 bridgehead atoms. The van der Waals surface area contributed by atoms with Crippen molar-refractivity contribution < 1.29 is 0 Å². The molecule has 1 atom stereocenters. The van der Waals surface area contributed by atoms with Crippen molar-refractivity contribution in [1.82, 2.24) is 0 Å². The molecule has 1 unspecified atom stereocenters. The second-order valence-electron chi connectivity index (χ2n) is 4.92. The van der Waals surface area contributed by atoms with Crippen molar-refractivity contribution in [3.63, 3.8) is 0 Å². The lowest BCUT2D eigenvalue weighted by molar-refractivity contribution is 0.725. The van der Waals surface area contributed by atoms with Crippen LogP contribution in [0.4, 0.5) is 11.4 Å². The monoisotopic (exact) mass is 238 g/mol. The quantitative estimate of drug-likeness (QED) is 0.883. The van der Waals surface area contributed by atoms with Gasteiger partial charge in [0, 0.05) is 31.0 Å². The lowest BCUT2D eigenvalue weighted by atomic mass is 10.1. The fourth-order valence-electron chi connectivity index (χ4n) is 2.60. The van der Waals surface area contributed by atoms with Gasteiger partial charge in [0.2, 0.25) is 0 Å². The first kappa shape index (κ1) is 11.1. The molecule has 1 aliphatic rings. The highest BCUT2D eigenvalue weighted by Crippen LogP contribution is 2.26. The third-order valence-electron chi connectivity index (χ3n) is 3.53. The Morgan fingerprint density at radius 3 is 2.56 bits per heavy atom. The standard InChI is InChI=1S/C16H18N2/c1-18(15-8-3-2-4-9-15)12-14-11-13-7-5-6-10-16(13)17-14/h2-10,14,17H,11-12H2,1H3. The van der Waals surface area contributed by atoms with E-state index in [4.69, 9.17) is 0 Å². The van der Waals surface area contributed by atoms with Crippen LogP contribution in [-0.4, -0.2) is 19.6 Å². The van der Waals surface area contributed by atoms with Gasteiger partial charge in [-0.25, -0.2) is 0 Å². The summed E-state index contributed by atoms with van der Waals surface area (Å²) in [6.07, 6.45) is 1.12. The van der Waals surface area contributed by atoms with Gasteiger partial charge < -0.3 is 10.2 Å². The molecule has 1 heterocycles. The van der Waals surface area contributed by atoms with Gasteiger partial charge in [0.15, 0.2) is 0 Å². The summed E-state index contributed by atoms with van der Waals surface area (Å²) in [6, 6.07) is 19.6. The van der Waals surface area contributed by atoms with E-state index >= 15 is 0 Å². The van der Waals surface area contributed by atoms with Gasteiger partial charge >= 0.3 is 0 Å². The zero-order valence-corrected chi connectivity index (χ0v) is 10.6. The lowest BCUT2D eigenvalue weighted by Crippen LogP contribution is -2.32. The third kappa shape index (κ3) is 2.19. The lowest BCUT2D eigenvalue weighted by Gasteiger charge is -2.23. The Morgan fingerprint density at radius 2 is 1.78 bits per heavy atom. The zero-order chi connectivity index (χ0) is 12.4. The van der Waals surface area contributed by atoms with Gasteiger partial charge in [-0.05, 0) is 30.2 Å². The van der Waals surface area contributed by atoms with E-state index in [1.165, 1.54) is 16.9 Å². The van der Waals surface area contributed by atoms with Crippen molar-refractivity contribution in [1.29, 1.82) is 0 Å². The smallest absolute Gasteiger partial charge is 0.0477 e. The van der Waals surface area contributed by atoms with E-state index in [1.54, 1.807) is 0 Å². The van der Waals surface area contributed by atoms with E-state index in [0.717, 1.165) is 13.0 Å². The first-order chi connectivity index (χ1) is 8.83. The summed E-state index contributed by atoms with van der Waals surface area (Å²) < 4.78 is 0. The van der Waals surface area contributed by atoms with Gasteiger partial charge in [-0.15, -0.1) is 0 Å². The molecule has 2 heteroatoms. The number of nitrogens with zero attached hydrogens (tertiary/aromatic N) is 1. The summed E-state index contributed by atoms with van der Waals surface area (Å²) in [4.78, 5) is 2.31. The number of fused-ring (bicyclic) bond motifs is 1. The van der Waals surface area contributed by atoms with E-state index in [1.807, 2.05) is 0 Å². The number of nitrogens with one attached hydrogen (secondary N) is 1. The summed E-state index contributed by atoms with van der Waals surface area (Å²) >= 11 is 0. The van der Waals surface area contributed by atoms with Gasteiger partial charge in [-0.3, -0.25) is 0 Å². The number of anilines is 2. The number of benzene rings is 2. The predicted octanol–water partition coefficient (Wildman–Crippen LogP) is 3.16. The second-order valence-corrected chi connectivity index (χ2v) is 4.92. The van der Waals surface area contributed by atoms with Crippen LogP contribution in [0.5, 0.6) is 0 Å². The third-order valence-corrected chi connectivity index (χ3v) is 3.53. The summed E-state index contributed by atoms with van der Waals surface area (Å²) in [5.41, 5.74) is 4.00. The second kappa shape index (κ2) is 4.73. The van der Waals surface area contributed by atoms with Gasteiger partial charge in [0.25, 0.3) is 0 Å². The minimum Gasteiger partial charge on any atom is -0.380 e. The maximum atomic E-state index is 3.59. The number of likely N-dealkylation sites (N-methyl/N-ethyl adjacent to an activating group) is 1. The van der Waals surface area contributed by atoms with Crippen LogP contribution in [0.2, 0.25) is 0 Å². The molecule has 2 nitrogen and oxygen atoms in total. The number of para-hydroxylation sites is 2. The SMILES string of the molecule is CN(CC1Cc2ccccc2N1)c1ccccc1. The Hall–Kier alpha value is -1.96. The first-order valence-corrected chi connectivity index (χ1v) is 6.43. The molecule has 3 rings (SSSR count). The molecule has 0 aliphatic carbocycles. The van der Waals surface area contributed by atoms with E-state index in [2.05, 4.69) is 71.9 Å². The maximum Gasteiger partial charge on any atom is 0.0477 e. The van der Waals surface area contributed by atoms with E-state index in [9.17, 15) is 0 Å². The molecule has 0 radical (unpaired) electrons. The van der Waals surface area contributed by atoms with Crippen molar-refractivity contribution in [2.24, 2.45) is 0 Å². The van der Waals surface area contributed by atoms with Crippen molar-refractivity contribution in [3.05, 3.63) is 60.2 Å². The Morgan fingerprint density at radius 1 is 1.06 bits per heavy atom. The molecule has 0 aromatic heterocycles. The fraction of sp³-hybridized carbons (Fsp3) is 0.250. The topological polar surface area (TPSA) is 15.3 Å². The minimum absolute atomic E-state index is 0.507. The summed E-state index contributed by atoms with van der Waals surface area (Å²) in [5.74, 6) is 0. The molecule has 1 aliphatic heterocycles. The Balaban J connectivity index is 1.66. The normalized spacial score (nSPS) is 17.1. The highest BCUT2D eigenvalue weighted by Gasteiger charge is 2.20. The van der Waals surface area contributed by atoms with Crippen LogP contribution < -0.4 is 10.2 Å². The van der Waals surface area contributed by atoms with Crippen molar-refractivity contribution >= 4 is 11.4 Å². The van der Waals surface area contributed by atoms with Gasteiger partial charge in [0.05, 0.1) is 0 Å². The van der Waals surface area contributed by atoms with Crippen LogP contribution in [0.15, 0.2) is 54.6 Å². The molecule has 2 aromatic carbocycles. The molecular formula is C16H18N2. The maximum absolute atomic E-state index is 3.59. The van der Waals surface area contributed by atoms with Crippen molar-refractivity contribution in [3.8, 4) is 0 Å². The molecule has 0 spiro atoms. The molecule has 0 saturated heterocycles. The highest BCUT2D eigenvalue weighted by molar-refractivity contribution is 5.57. The summed E-state index contributed by atoms with van der Waals surface area (Å²) in [6.45, 7) is 1.03. The van der Waals surface area contributed by atoms with Gasteiger partial charge in [-0.1, -0.05) is 36.4 Å². The van der Waals surface area contributed by atoms with Crippen molar-refractivity contribution in [2.45, 2.75) is 12.5 Å². The van der Waals surface area contributed by atoms with Crippen LogP contribution in [0.3, 0.4) is 0 Å². The minimum atomic E-state index is 0.507. The molecule has 0 saturated carbocycles. The molecule has 92 valence electrons. The van der Waals surface area contributed by atoms with Crippen LogP contribution in [0, 0.1) is 0 Å². The Labute approximate surface area is 108 Å². The predicted molar refractivity (Wildman–Crippen MR) is 77.3 cm³/mol.